The molecule has 2 rings (SSSR count). The summed E-state index contributed by atoms with van der Waals surface area (Å²) < 4.78 is 1.87. The van der Waals surface area contributed by atoms with E-state index in [0.29, 0.717) is 0 Å². The van der Waals surface area contributed by atoms with Crippen molar-refractivity contribution < 1.29 is 0 Å². The van der Waals surface area contributed by atoms with Crippen molar-refractivity contribution in [1.29, 1.82) is 0 Å². The molecule has 0 radical (unpaired) electrons. The fourth-order valence-corrected chi connectivity index (χ4v) is 2.98. The molecule has 0 fully saturated rings. The number of nitrogens with zero attached hydrogens (tertiary/aromatic N) is 2. The molecule has 1 unspecified atom stereocenters. The van der Waals surface area contributed by atoms with Gasteiger partial charge >= 0.3 is 0 Å². The van der Waals surface area contributed by atoms with Crippen LogP contribution in [-0.2, 0) is 26.3 Å². The molecule has 0 amide bonds. The summed E-state index contributed by atoms with van der Waals surface area (Å²) in [5.41, 5.74) is 10.9. The van der Waals surface area contributed by atoms with Gasteiger partial charge in [-0.3, -0.25) is 4.68 Å². The standard InChI is InChI=1S/C17H24ClN3/c1-4-15-17(18)16(21(3)20-15)11-14(19)9-8-13-7-5-6-12(2)10-13/h5-7,10,14H,4,8-9,11,19H2,1-3H3. The van der Waals surface area contributed by atoms with Gasteiger partial charge in [-0.1, -0.05) is 48.4 Å². The van der Waals surface area contributed by atoms with Gasteiger partial charge in [-0.2, -0.15) is 5.10 Å². The molecule has 0 aliphatic carbocycles. The van der Waals surface area contributed by atoms with Crippen LogP contribution in [-0.4, -0.2) is 15.8 Å². The van der Waals surface area contributed by atoms with Crippen LogP contribution in [0.5, 0.6) is 0 Å². The molecule has 0 aliphatic heterocycles. The van der Waals surface area contributed by atoms with E-state index in [1.807, 2.05) is 11.7 Å². The Morgan fingerprint density at radius 3 is 2.76 bits per heavy atom. The highest BCUT2D eigenvalue weighted by Crippen LogP contribution is 2.22. The molecule has 1 heterocycles. The number of aromatic nitrogens is 2. The summed E-state index contributed by atoms with van der Waals surface area (Å²) in [5.74, 6) is 0. The third-order valence-electron chi connectivity index (χ3n) is 3.84. The summed E-state index contributed by atoms with van der Waals surface area (Å²) in [6.07, 6.45) is 3.57. The van der Waals surface area contributed by atoms with Gasteiger partial charge in [0.2, 0.25) is 0 Å². The molecule has 0 saturated heterocycles. The second kappa shape index (κ2) is 7.10. The monoisotopic (exact) mass is 305 g/mol. The summed E-state index contributed by atoms with van der Waals surface area (Å²) >= 11 is 6.37. The maximum atomic E-state index is 6.37. The van der Waals surface area contributed by atoms with Crippen LogP contribution in [0.3, 0.4) is 0 Å². The molecule has 0 saturated carbocycles. The zero-order valence-corrected chi connectivity index (χ0v) is 13.8. The number of hydrogen-bond acceptors (Lipinski definition) is 2. The molecule has 0 spiro atoms. The highest BCUT2D eigenvalue weighted by Gasteiger charge is 2.15. The summed E-state index contributed by atoms with van der Waals surface area (Å²) in [4.78, 5) is 0. The quantitative estimate of drug-likeness (QED) is 0.888. The average Bonchev–Trinajstić information content (AvgIpc) is 2.72. The molecule has 0 bridgehead atoms. The van der Waals surface area contributed by atoms with Crippen molar-refractivity contribution in [1.82, 2.24) is 9.78 Å². The van der Waals surface area contributed by atoms with Gasteiger partial charge in [0.1, 0.15) is 0 Å². The van der Waals surface area contributed by atoms with Crippen molar-refractivity contribution in [3.8, 4) is 0 Å². The second-order valence-electron chi connectivity index (χ2n) is 5.68. The van der Waals surface area contributed by atoms with Gasteiger partial charge in [0.05, 0.1) is 16.4 Å². The molecule has 1 aromatic heterocycles. The summed E-state index contributed by atoms with van der Waals surface area (Å²) in [7, 11) is 1.94. The van der Waals surface area contributed by atoms with Crippen molar-refractivity contribution in [2.75, 3.05) is 0 Å². The van der Waals surface area contributed by atoms with E-state index in [0.717, 1.165) is 42.1 Å². The van der Waals surface area contributed by atoms with Gasteiger partial charge in [-0.25, -0.2) is 0 Å². The minimum atomic E-state index is 0.100. The van der Waals surface area contributed by atoms with E-state index in [9.17, 15) is 0 Å². The van der Waals surface area contributed by atoms with Crippen LogP contribution in [0.25, 0.3) is 0 Å². The van der Waals surface area contributed by atoms with E-state index in [1.54, 1.807) is 0 Å². The maximum absolute atomic E-state index is 6.37. The Balaban J connectivity index is 1.96. The van der Waals surface area contributed by atoms with Gasteiger partial charge in [-0.05, 0) is 31.7 Å². The summed E-state index contributed by atoms with van der Waals surface area (Å²) in [6.45, 7) is 4.18. The van der Waals surface area contributed by atoms with E-state index in [-0.39, 0.29) is 6.04 Å². The first-order valence-electron chi connectivity index (χ1n) is 7.52. The van der Waals surface area contributed by atoms with Crippen molar-refractivity contribution in [2.45, 2.75) is 45.6 Å². The maximum Gasteiger partial charge on any atom is 0.0850 e. The molecular weight excluding hydrogens is 282 g/mol. The normalized spacial score (nSPS) is 12.6. The first kappa shape index (κ1) is 16.1. The Morgan fingerprint density at radius 1 is 1.38 bits per heavy atom. The third kappa shape index (κ3) is 4.08. The van der Waals surface area contributed by atoms with Gasteiger partial charge < -0.3 is 5.73 Å². The Morgan fingerprint density at radius 2 is 2.14 bits per heavy atom. The minimum absolute atomic E-state index is 0.100. The Labute approximate surface area is 132 Å². The Hall–Kier alpha value is -1.32. The Bertz CT molecular complexity index is 604. The van der Waals surface area contributed by atoms with Crippen molar-refractivity contribution in [3.63, 3.8) is 0 Å². The van der Waals surface area contributed by atoms with Crippen molar-refractivity contribution >= 4 is 11.6 Å². The first-order chi connectivity index (χ1) is 10.0. The second-order valence-corrected chi connectivity index (χ2v) is 6.05. The summed E-state index contributed by atoms with van der Waals surface area (Å²) in [6, 6.07) is 8.70. The topological polar surface area (TPSA) is 43.8 Å². The van der Waals surface area contributed by atoms with Gasteiger partial charge in [0.15, 0.2) is 0 Å². The average molecular weight is 306 g/mol. The lowest BCUT2D eigenvalue weighted by Crippen LogP contribution is -2.25. The smallest absolute Gasteiger partial charge is 0.0850 e. The van der Waals surface area contributed by atoms with Crippen LogP contribution in [0.4, 0.5) is 0 Å². The molecule has 2 aromatic rings. The highest BCUT2D eigenvalue weighted by molar-refractivity contribution is 6.31. The number of aryl methyl sites for hydroxylation is 4. The van der Waals surface area contributed by atoms with Crippen LogP contribution in [0.2, 0.25) is 5.02 Å². The number of benzene rings is 1. The van der Waals surface area contributed by atoms with E-state index in [4.69, 9.17) is 17.3 Å². The van der Waals surface area contributed by atoms with Crippen molar-refractivity contribution in [2.24, 2.45) is 12.8 Å². The van der Waals surface area contributed by atoms with Crippen LogP contribution >= 0.6 is 11.6 Å². The molecule has 1 atom stereocenters. The predicted octanol–water partition coefficient (Wildman–Crippen LogP) is 3.45. The van der Waals surface area contributed by atoms with Crippen LogP contribution in [0.15, 0.2) is 24.3 Å². The lowest BCUT2D eigenvalue weighted by molar-refractivity contribution is 0.577. The number of hydrogen-bond donors (Lipinski definition) is 1. The molecule has 21 heavy (non-hydrogen) atoms. The molecule has 0 aliphatic rings. The lowest BCUT2D eigenvalue weighted by Gasteiger charge is -2.12. The van der Waals surface area contributed by atoms with E-state index >= 15 is 0 Å². The zero-order valence-electron chi connectivity index (χ0n) is 13.1. The molecule has 114 valence electrons. The summed E-state index contributed by atoms with van der Waals surface area (Å²) in [5, 5.41) is 5.22. The van der Waals surface area contributed by atoms with Crippen molar-refractivity contribution in [3.05, 3.63) is 51.8 Å². The number of nitrogens with two attached hydrogens (primary N) is 1. The van der Waals surface area contributed by atoms with E-state index in [1.165, 1.54) is 11.1 Å². The fourth-order valence-electron chi connectivity index (χ4n) is 2.61. The van der Waals surface area contributed by atoms with Gasteiger partial charge in [0, 0.05) is 19.5 Å². The molecule has 1 aromatic carbocycles. The molecule has 4 heteroatoms. The zero-order chi connectivity index (χ0) is 15.4. The van der Waals surface area contributed by atoms with Crippen LogP contribution in [0.1, 0.15) is 35.9 Å². The van der Waals surface area contributed by atoms with Gasteiger partial charge in [0.25, 0.3) is 0 Å². The van der Waals surface area contributed by atoms with Crippen LogP contribution in [0, 0.1) is 6.92 Å². The van der Waals surface area contributed by atoms with E-state index in [2.05, 4.69) is 43.2 Å². The number of rotatable bonds is 6. The largest absolute Gasteiger partial charge is 0.327 e. The fraction of sp³-hybridized carbons (Fsp3) is 0.471. The third-order valence-corrected chi connectivity index (χ3v) is 4.28. The van der Waals surface area contributed by atoms with Crippen LogP contribution < -0.4 is 5.73 Å². The van der Waals surface area contributed by atoms with Gasteiger partial charge in [-0.15, -0.1) is 0 Å². The van der Waals surface area contributed by atoms with E-state index < -0.39 is 0 Å². The number of halogens is 1. The SMILES string of the molecule is CCc1nn(C)c(CC(N)CCc2cccc(C)c2)c1Cl. The predicted molar refractivity (Wildman–Crippen MR) is 88.8 cm³/mol. The first-order valence-corrected chi connectivity index (χ1v) is 7.90. The molecule has 2 N–H and O–H groups in total. The lowest BCUT2D eigenvalue weighted by atomic mass is 10.0. The molecule has 3 nitrogen and oxygen atoms in total. The minimum Gasteiger partial charge on any atom is -0.327 e. The highest BCUT2D eigenvalue weighted by atomic mass is 35.5. The molecular formula is C17H24ClN3. The Kier molecular flexibility index (Phi) is 5.43.